The molecule has 4 heteroatoms. The maximum absolute atomic E-state index is 12.6. The second-order valence-corrected chi connectivity index (χ2v) is 7.53. The fourth-order valence-electron chi connectivity index (χ4n) is 4.02. The van der Waals surface area contributed by atoms with Crippen molar-refractivity contribution < 1.29 is 14.6 Å². The van der Waals surface area contributed by atoms with E-state index in [-0.39, 0.29) is 12.5 Å². The third kappa shape index (κ3) is 4.03. The summed E-state index contributed by atoms with van der Waals surface area (Å²) < 4.78 is 5.29. The average molecular weight is 387 g/mol. The Morgan fingerprint density at radius 1 is 1.03 bits per heavy atom. The largest absolute Gasteiger partial charge is 0.497 e. The molecular weight excluding hydrogens is 362 g/mol. The molecule has 1 aliphatic carbocycles. The molecule has 0 heterocycles. The van der Waals surface area contributed by atoms with Gasteiger partial charge in [-0.1, -0.05) is 48.5 Å². The molecule has 148 valence electrons. The van der Waals surface area contributed by atoms with Gasteiger partial charge in [-0.3, -0.25) is 4.79 Å². The number of rotatable bonds is 5. The van der Waals surface area contributed by atoms with Gasteiger partial charge >= 0.3 is 0 Å². The van der Waals surface area contributed by atoms with Crippen LogP contribution in [0, 0.1) is 0 Å². The summed E-state index contributed by atoms with van der Waals surface area (Å²) in [6, 6.07) is 23.3. The third-order valence-corrected chi connectivity index (χ3v) is 5.65. The molecule has 4 rings (SSSR count). The van der Waals surface area contributed by atoms with Crippen LogP contribution < -0.4 is 10.1 Å². The summed E-state index contributed by atoms with van der Waals surface area (Å²) in [5.41, 5.74) is 3.67. The minimum Gasteiger partial charge on any atom is -0.497 e. The standard InChI is InChI=1S/C25H25NO3/c1-29-22-13-14-23-21(16-22)8-5-15-25(23,28)17-26-24(27)20-11-9-19(10-12-20)18-6-3-2-4-7-18/h2-4,6-7,9-14,16,28H,5,8,15,17H2,1H3,(H,26,27). The van der Waals surface area contributed by atoms with Crippen LogP contribution in [-0.4, -0.2) is 24.7 Å². The molecule has 0 saturated carbocycles. The first-order chi connectivity index (χ1) is 14.1. The fraction of sp³-hybridized carbons (Fsp3) is 0.240. The smallest absolute Gasteiger partial charge is 0.251 e. The number of fused-ring (bicyclic) bond motifs is 1. The number of benzene rings is 3. The van der Waals surface area contributed by atoms with Gasteiger partial charge in [0.25, 0.3) is 5.91 Å². The summed E-state index contributed by atoms with van der Waals surface area (Å²) in [6.07, 6.45) is 2.40. The van der Waals surface area contributed by atoms with Crippen molar-refractivity contribution in [2.75, 3.05) is 13.7 Å². The van der Waals surface area contributed by atoms with Crippen LogP contribution in [0.25, 0.3) is 11.1 Å². The van der Waals surface area contributed by atoms with Crippen LogP contribution in [0.15, 0.2) is 72.8 Å². The minimum atomic E-state index is -1.06. The lowest BCUT2D eigenvalue weighted by molar-refractivity contribution is 0.0189. The molecule has 0 saturated heterocycles. The van der Waals surface area contributed by atoms with Gasteiger partial charge in [-0.15, -0.1) is 0 Å². The zero-order chi connectivity index (χ0) is 20.3. The highest BCUT2D eigenvalue weighted by atomic mass is 16.5. The second kappa shape index (κ2) is 8.10. The molecule has 1 amide bonds. The summed E-state index contributed by atoms with van der Waals surface area (Å²) in [6.45, 7) is 0.186. The lowest BCUT2D eigenvalue weighted by Crippen LogP contribution is -2.43. The van der Waals surface area contributed by atoms with Crippen molar-refractivity contribution >= 4 is 5.91 Å². The molecule has 0 fully saturated rings. The number of carbonyl (C=O) groups is 1. The Morgan fingerprint density at radius 2 is 1.76 bits per heavy atom. The lowest BCUT2D eigenvalue weighted by atomic mass is 9.79. The normalized spacial score (nSPS) is 18.0. The van der Waals surface area contributed by atoms with Gasteiger partial charge in [-0.25, -0.2) is 0 Å². The van der Waals surface area contributed by atoms with Crippen LogP contribution in [0.1, 0.15) is 34.3 Å². The van der Waals surface area contributed by atoms with Crippen LogP contribution in [0.2, 0.25) is 0 Å². The molecule has 0 spiro atoms. The maximum atomic E-state index is 12.6. The van der Waals surface area contributed by atoms with Crippen molar-refractivity contribution in [2.45, 2.75) is 24.9 Å². The summed E-state index contributed by atoms with van der Waals surface area (Å²) in [5, 5.41) is 14.1. The van der Waals surface area contributed by atoms with Crippen molar-refractivity contribution in [2.24, 2.45) is 0 Å². The highest BCUT2D eigenvalue weighted by molar-refractivity contribution is 5.94. The van der Waals surface area contributed by atoms with Crippen molar-refractivity contribution in [3.63, 3.8) is 0 Å². The topological polar surface area (TPSA) is 58.6 Å². The van der Waals surface area contributed by atoms with E-state index >= 15 is 0 Å². The molecule has 4 nitrogen and oxygen atoms in total. The van der Waals surface area contributed by atoms with E-state index < -0.39 is 5.60 Å². The maximum Gasteiger partial charge on any atom is 0.251 e. The molecule has 3 aromatic rings. The number of nitrogens with one attached hydrogen (secondary N) is 1. The van der Waals surface area contributed by atoms with Gasteiger partial charge < -0.3 is 15.2 Å². The number of carbonyl (C=O) groups excluding carboxylic acids is 1. The van der Waals surface area contributed by atoms with E-state index in [2.05, 4.69) is 5.32 Å². The summed E-state index contributed by atoms with van der Waals surface area (Å²) in [7, 11) is 1.64. The summed E-state index contributed by atoms with van der Waals surface area (Å²) in [4.78, 5) is 12.6. The zero-order valence-corrected chi connectivity index (χ0v) is 16.5. The van der Waals surface area contributed by atoms with Crippen LogP contribution in [0.4, 0.5) is 0 Å². The Kier molecular flexibility index (Phi) is 5.36. The molecule has 1 unspecified atom stereocenters. The van der Waals surface area contributed by atoms with Crippen LogP contribution in [-0.2, 0) is 12.0 Å². The number of aryl methyl sites for hydroxylation is 1. The van der Waals surface area contributed by atoms with E-state index in [1.165, 1.54) is 0 Å². The zero-order valence-electron chi connectivity index (χ0n) is 16.5. The number of hydrogen-bond acceptors (Lipinski definition) is 3. The van der Waals surface area contributed by atoms with E-state index in [4.69, 9.17) is 4.74 Å². The molecule has 29 heavy (non-hydrogen) atoms. The number of hydrogen-bond donors (Lipinski definition) is 2. The number of aliphatic hydroxyl groups is 1. The van der Waals surface area contributed by atoms with Gasteiger partial charge in [-0.2, -0.15) is 0 Å². The van der Waals surface area contributed by atoms with Crippen LogP contribution in [0.5, 0.6) is 5.75 Å². The first-order valence-corrected chi connectivity index (χ1v) is 9.92. The van der Waals surface area contributed by atoms with Gasteiger partial charge in [0.2, 0.25) is 0 Å². The quantitative estimate of drug-likeness (QED) is 0.686. The first-order valence-electron chi connectivity index (χ1n) is 9.92. The Morgan fingerprint density at radius 3 is 2.48 bits per heavy atom. The second-order valence-electron chi connectivity index (χ2n) is 7.53. The summed E-state index contributed by atoms with van der Waals surface area (Å²) in [5.74, 6) is 0.606. The van der Waals surface area contributed by atoms with Crippen LogP contribution >= 0.6 is 0 Å². The Bertz CT molecular complexity index is 998. The van der Waals surface area contributed by atoms with E-state index in [0.717, 1.165) is 40.8 Å². The Labute approximate surface area is 171 Å². The Hall–Kier alpha value is -3.11. The average Bonchev–Trinajstić information content (AvgIpc) is 2.78. The highest BCUT2D eigenvalue weighted by Crippen LogP contribution is 2.36. The lowest BCUT2D eigenvalue weighted by Gasteiger charge is -2.35. The molecule has 1 aliphatic rings. The van der Waals surface area contributed by atoms with E-state index in [9.17, 15) is 9.90 Å². The minimum absolute atomic E-state index is 0.182. The molecule has 2 N–H and O–H groups in total. The first kappa shape index (κ1) is 19.2. The van der Waals surface area contributed by atoms with E-state index in [1.54, 1.807) is 7.11 Å². The monoisotopic (exact) mass is 387 g/mol. The predicted molar refractivity (Wildman–Crippen MR) is 114 cm³/mol. The van der Waals surface area contributed by atoms with Gasteiger partial charge in [0.05, 0.1) is 13.7 Å². The molecular formula is C25H25NO3. The van der Waals surface area contributed by atoms with Crippen molar-refractivity contribution in [1.29, 1.82) is 0 Å². The van der Waals surface area contributed by atoms with E-state index in [1.807, 2.05) is 72.8 Å². The molecule has 3 aromatic carbocycles. The number of amides is 1. The van der Waals surface area contributed by atoms with Gasteiger partial charge in [0, 0.05) is 5.56 Å². The molecule has 1 atom stereocenters. The van der Waals surface area contributed by atoms with Gasteiger partial charge in [0.1, 0.15) is 11.4 Å². The van der Waals surface area contributed by atoms with E-state index in [0.29, 0.717) is 12.0 Å². The molecule has 0 radical (unpaired) electrons. The number of ether oxygens (including phenoxy) is 1. The number of methoxy groups -OCH3 is 1. The molecule has 0 aromatic heterocycles. The van der Waals surface area contributed by atoms with Gasteiger partial charge in [0.15, 0.2) is 0 Å². The molecule has 0 bridgehead atoms. The Balaban J connectivity index is 1.46. The van der Waals surface area contributed by atoms with Crippen molar-refractivity contribution in [3.8, 4) is 16.9 Å². The highest BCUT2D eigenvalue weighted by Gasteiger charge is 2.34. The summed E-state index contributed by atoms with van der Waals surface area (Å²) >= 11 is 0. The fourth-order valence-corrected chi connectivity index (χ4v) is 4.02. The SMILES string of the molecule is COc1ccc2c(c1)CCCC2(O)CNC(=O)c1ccc(-c2ccccc2)cc1. The van der Waals surface area contributed by atoms with Gasteiger partial charge in [-0.05, 0) is 65.8 Å². The van der Waals surface area contributed by atoms with Crippen LogP contribution in [0.3, 0.4) is 0 Å². The third-order valence-electron chi connectivity index (χ3n) is 5.65. The molecule has 0 aliphatic heterocycles. The van der Waals surface area contributed by atoms with Crippen molar-refractivity contribution in [3.05, 3.63) is 89.5 Å². The predicted octanol–water partition coefficient (Wildman–Crippen LogP) is 4.32. The van der Waals surface area contributed by atoms with Crippen molar-refractivity contribution in [1.82, 2.24) is 5.32 Å².